The Kier molecular flexibility index (Phi) is 6.20. The Hall–Kier alpha value is -3.62. The fourth-order valence-electron chi connectivity index (χ4n) is 2.50. The second-order valence-corrected chi connectivity index (χ2v) is 6.34. The summed E-state index contributed by atoms with van der Waals surface area (Å²) in [7, 11) is 0. The topological polar surface area (TPSA) is 74.5 Å². The Bertz CT molecular complexity index is 1040. The van der Waals surface area contributed by atoms with Gasteiger partial charge in [-0.25, -0.2) is 4.79 Å². The predicted octanol–water partition coefficient (Wildman–Crippen LogP) is 5.26. The molecule has 0 saturated carbocycles. The number of hydrogen-bond donors (Lipinski definition) is 0. The molecule has 1 atom stereocenters. The van der Waals surface area contributed by atoms with E-state index in [1.54, 1.807) is 6.92 Å². The summed E-state index contributed by atoms with van der Waals surface area (Å²) in [4.78, 5) is 12.0. The largest absolute Gasteiger partial charge is 0.573 e. The molecule has 156 valence electrons. The average Bonchev–Trinajstić information content (AvgIpc) is 3.17. The minimum atomic E-state index is -4.76. The summed E-state index contributed by atoms with van der Waals surface area (Å²) in [5, 5.41) is 7.87. The molecule has 0 fully saturated rings. The van der Waals surface area contributed by atoms with E-state index in [9.17, 15) is 18.0 Å². The summed E-state index contributed by atoms with van der Waals surface area (Å²) in [6.45, 7) is 3.52. The van der Waals surface area contributed by atoms with E-state index in [1.165, 1.54) is 18.2 Å². The van der Waals surface area contributed by atoms with Crippen LogP contribution in [0.4, 0.5) is 13.2 Å². The summed E-state index contributed by atoms with van der Waals surface area (Å²) in [6, 6.07) is 12.6. The van der Waals surface area contributed by atoms with Gasteiger partial charge in [-0.05, 0) is 49.8 Å². The van der Waals surface area contributed by atoms with Gasteiger partial charge in [0.15, 0.2) is 6.10 Å². The van der Waals surface area contributed by atoms with Crippen molar-refractivity contribution in [3.63, 3.8) is 0 Å². The number of nitrogens with zero attached hydrogens (tertiary/aromatic N) is 2. The maximum absolute atomic E-state index is 12.2. The molecule has 1 heterocycles. The van der Waals surface area contributed by atoms with Crippen molar-refractivity contribution in [2.45, 2.75) is 26.3 Å². The fraction of sp³-hybridized carbons (Fsp3) is 0.190. The van der Waals surface area contributed by atoms with Crippen LogP contribution in [0.15, 0.2) is 59.0 Å². The summed E-state index contributed by atoms with van der Waals surface area (Å²) >= 11 is 0. The number of ether oxygens (including phenoxy) is 2. The SMILES string of the molecule is Cc1cccc(-c2nnc(C(C)OC(=O)/C=C/c3ccc(OC(F)(F)F)cc3)o2)c1. The van der Waals surface area contributed by atoms with Crippen LogP contribution in [0.3, 0.4) is 0 Å². The molecule has 0 amide bonds. The minimum absolute atomic E-state index is 0.141. The average molecular weight is 418 g/mol. The summed E-state index contributed by atoms with van der Waals surface area (Å²) < 4.78 is 51.1. The van der Waals surface area contributed by atoms with Crippen LogP contribution in [0.25, 0.3) is 17.5 Å². The number of esters is 1. The number of rotatable bonds is 6. The van der Waals surface area contributed by atoms with E-state index in [0.29, 0.717) is 11.5 Å². The van der Waals surface area contributed by atoms with Gasteiger partial charge in [-0.3, -0.25) is 0 Å². The lowest BCUT2D eigenvalue weighted by molar-refractivity contribution is -0.274. The zero-order valence-corrected chi connectivity index (χ0v) is 16.0. The third-order valence-electron chi connectivity index (χ3n) is 3.87. The molecule has 1 unspecified atom stereocenters. The van der Waals surface area contributed by atoms with Crippen LogP contribution in [0, 0.1) is 6.92 Å². The van der Waals surface area contributed by atoms with Crippen molar-refractivity contribution in [1.29, 1.82) is 0 Å². The standard InChI is InChI=1S/C21H17F3N2O4/c1-13-4-3-5-16(12-13)20-26-25-19(29-20)14(2)28-18(27)11-8-15-6-9-17(10-7-15)30-21(22,23)24/h3-12,14H,1-2H3/b11-8+. The van der Waals surface area contributed by atoms with Gasteiger partial charge in [-0.15, -0.1) is 23.4 Å². The number of alkyl halides is 3. The fourth-order valence-corrected chi connectivity index (χ4v) is 2.50. The molecule has 6 nitrogen and oxygen atoms in total. The lowest BCUT2D eigenvalue weighted by Crippen LogP contribution is -2.16. The van der Waals surface area contributed by atoms with Crippen molar-refractivity contribution in [1.82, 2.24) is 10.2 Å². The summed E-state index contributed by atoms with van der Waals surface area (Å²) in [5.74, 6) is -0.569. The Morgan fingerprint density at radius 1 is 1.13 bits per heavy atom. The van der Waals surface area contributed by atoms with Crippen molar-refractivity contribution in [3.05, 3.63) is 71.6 Å². The van der Waals surface area contributed by atoms with E-state index in [2.05, 4.69) is 14.9 Å². The van der Waals surface area contributed by atoms with Crippen molar-refractivity contribution in [2.24, 2.45) is 0 Å². The molecular formula is C21H17F3N2O4. The molecule has 0 aliphatic carbocycles. The monoisotopic (exact) mass is 418 g/mol. The first-order valence-corrected chi connectivity index (χ1v) is 8.84. The molecular weight excluding hydrogens is 401 g/mol. The molecule has 9 heteroatoms. The summed E-state index contributed by atoms with van der Waals surface area (Å²) in [5.41, 5.74) is 2.29. The van der Waals surface area contributed by atoms with Crippen LogP contribution < -0.4 is 4.74 Å². The highest BCUT2D eigenvalue weighted by molar-refractivity contribution is 5.87. The molecule has 30 heavy (non-hydrogen) atoms. The highest BCUT2D eigenvalue weighted by Crippen LogP contribution is 2.24. The predicted molar refractivity (Wildman–Crippen MR) is 101 cm³/mol. The Morgan fingerprint density at radius 3 is 2.53 bits per heavy atom. The van der Waals surface area contributed by atoms with Gasteiger partial charge in [-0.2, -0.15) is 0 Å². The maximum atomic E-state index is 12.2. The molecule has 0 radical (unpaired) electrons. The molecule has 2 aromatic carbocycles. The maximum Gasteiger partial charge on any atom is 0.573 e. The van der Waals surface area contributed by atoms with E-state index in [4.69, 9.17) is 9.15 Å². The zero-order valence-electron chi connectivity index (χ0n) is 16.0. The molecule has 0 bridgehead atoms. The highest BCUT2D eigenvalue weighted by Gasteiger charge is 2.30. The van der Waals surface area contributed by atoms with Crippen molar-refractivity contribution in [2.75, 3.05) is 0 Å². The number of carbonyl (C=O) groups excluding carboxylic acids is 1. The van der Waals surface area contributed by atoms with Gasteiger partial charge in [-0.1, -0.05) is 29.8 Å². The number of carbonyl (C=O) groups is 1. The van der Waals surface area contributed by atoms with Crippen molar-refractivity contribution < 1.29 is 31.9 Å². The van der Waals surface area contributed by atoms with Gasteiger partial charge >= 0.3 is 12.3 Å². The lowest BCUT2D eigenvalue weighted by atomic mass is 10.1. The first-order chi connectivity index (χ1) is 14.2. The van der Waals surface area contributed by atoms with Crippen LogP contribution in [0.5, 0.6) is 5.75 Å². The molecule has 0 N–H and O–H groups in total. The van der Waals surface area contributed by atoms with E-state index >= 15 is 0 Å². The molecule has 3 rings (SSSR count). The van der Waals surface area contributed by atoms with Crippen LogP contribution in [-0.4, -0.2) is 22.5 Å². The number of aromatic nitrogens is 2. The van der Waals surface area contributed by atoms with Crippen molar-refractivity contribution in [3.8, 4) is 17.2 Å². The van der Waals surface area contributed by atoms with Gasteiger partial charge in [0.2, 0.25) is 5.89 Å². The normalized spacial score (nSPS) is 12.7. The molecule has 0 aliphatic heterocycles. The van der Waals surface area contributed by atoms with Crippen LogP contribution in [0.2, 0.25) is 0 Å². The molecule has 0 aliphatic rings. The van der Waals surface area contributed by atoms with E-state index < -0.39 is 18.4 Å². The van der Waals surface area contributed by atoms with Gasteiger partial charge in [0, 0.05) is 11.6 Å². The Morgan fingerprint density at radius 2 is 1.87 bits per heavy atom. The molecule has 0 spiro atoms. The van der Waals surface area contributed by atoms with Gasteiger partial charge in [0.05, 0.1) is 0 Å². The van der Waals surface area contributed by atoms with Crippen molar-refractivity contribution >= 4 is 12.0 Å². The minimum Gasteiger partial charge on any atom is -0.449 e. The summed E-state index contributed by atoms with van der Waals surface area (Å²) in [6.07, 6.45) is -2.99. The second kappa shape index (κ2) is 8.81. The second-order valence-electron chi connectivity index (χ2n) is 6.34. The first-order valence-electron chi connectivity index (χ1n) is 8.84. The molecule has 1 aromatic heterocycles. The third-order valence-corrected chi connectivity index (χ3v) is 3.87. The number of benzene rings is 2. The van der Waals surface area contributed by atoms with Gasteiger partial charge < -0.3 is 13.9 Å². The van der Waals surface area contributed by atoms with E-state index in [-0.39, 0.29) is 11.6 Å². The number of hydrogen-bond acceptors (Lipinski definition) is 6. The van der Waals surface area contributed by atoms with Crippen LogP contribution in [-0.2, 0) is 9.53 Å². The van der Waals surface area contributed by atoms with Crippen LogP contribution in [0.1, 0.15) is 30.0 Å². The zero-order chi connectivity index (χ0) is 21.7. The number of halogens is 3. The quantitative estimate of drug-likeness (QED) is 0.402. The van der Waals surface area contributed by atoms with Gasteiger partial charge in [0.1, 0.15) is 5.75 Å². The van der Waals surface area contributed by atoms with Crippen LogP contribution >= 0.6 is 0 Å². The third kappa shape index (κ3) is 5.94. The number of aryl methyl sites for hydroxylation is 1. The van der Waals surface area contributed by atoms with E-state index in [1.807, 2.05) is 31.2 Å². The highest BCUT2D eigenvalue weighted by atomic mass is 19.4. The Labute approximate surface area is 169 Å². The molecule has 3 aromatic rings. The van der Waals surface area contributed by atoms with E-state index in [0.717, 1.165) is 29.3 Å². The van der Waals surface area contributed by atoms with Gasteiger partial charge in [0.25, 0.3) is 5.89 Å². The lowest BCUT2D eigenvalue weighted by Gasteiger charge is -2.08. The molecule has 0 saturated heterocycles. The smallest absolute Gasteiger partial charge is 0.449 e. The Balaban J connectivity index is 1.58. The first kappa shape index (κ1) is 21.1.